The van der Waals surface area contributed by atoms with Crippen molar-refractivity contribution in [2.75, 3.05) is 31.6 Å². The number of halogens is 1. The van der Waals surface area contributed by atoms with Crippen LogP contribution in [-0.4, -0.2) is 55.6 Å². The van der Waals surface area contributed by atoms with Gasteiger partial charge in [0, 0.05) is 37.7 Å². The molecular formula is C26H32FN7O. The lowest BCUT2D eigenvalue weighted by Crippen LogP contribution is -2.35. The van der Waals surface area contributed by atoms with Gasteiger partial charge in [0.05, 0.1) is 36.3 Å². The highest BCUT2D eigenvalue weighted by Gasteiger charge is 2.21. The third kappa shape index (κ3) is 5.21. The van der Waals surface area contributed by atoms with Gasteiger partial charge in [-0.05, 0) is 51.5 Å². The summed E-state index contributed by atoms with van der Waals surface area (Å²) < 4.78 is 22.8. The molecule has 0 spiro atoms. The molecule has 0 aliphatic carbocycles. The van der Waals surface area contributed by atoms with Gasteiger partial charge >= 0.3 is 0 Å². The fraction of sp³-hybridized carbons (Fsp3) is 0.423. The van der Waals surface area contributed by atoms with Gasteiger partial charge in [0.1, 0.15) is 11.6 Å². The Kier molecular flexibility index (Phi) is 6.29. The van der Waals surface area contributed by atoms with Crippen molar-refractivity contribution in [3.8, 4) is 0 Å². The lowest BCUT2D eigenvalue weighted by molar-refractivity contribution is 0.0343. The maximum absolute atomic E-state index is 13.4. The van der Waals surface area contributed by atoms with Crippen molar-refractivity contribution in [1.82, 2.24) is 29.3 Å². The maximum Gasteiger partial charge on any atom is 0.158 e. The molecule has 4 heterocycles. The zero-order valence-electron chi connectivity index (χ0n) is 20.8. The molecule has 0 saturated carbocycles. The zero-order chi connectivity index (χ0) is 24.6. The van der Waals surface area contributed by atoms with Gasteiger partial charge in [-0.3, -0.25) is 4.90 Å². The fourth-order valence-electron chi connectivity index (χ4n) is 4.42. The average molecular weight is 478 g/mol. The Morgan fingerprint density at radius 3 is 2.51 bits per heavy atom. The van der Waals surface area contributed by atoms with Crippen molar-refractivity contribution in [1.29, 1.82) is 0 Å². The number of hydrogen-bond acceptors (Lipinski definition) is 6. The Morgan fingerprint density at radius 2 is 1.80 bits per heavy atom. The Morgan fingerprint density at radius 1 is 1.06 bits per heavy atom. The quantitative estimate of drug-likeness (QED) is 0.447. The Balaban J connectivity index is 1.54. The van der Waals surface area contributed by atoms with Crippen LogP contribution in [0.4, 0.5) is 16.0 Å². The van der Waals surface area contributed by atoms with Crippen molar-refractivity contribution in [2.24, 2.45) is 0 Å². The molecule has 35 heavy (non-hydrogen) atoms. The first-order valence-corrected chi connectivity index (χ1v) is 12.0. The van der Waals surface area contributed by atoms with E-state index in [0.29, 0.717) is 6.42 Å². The average Bonchev–Trinajstić information content (AvgIpc) is 3.39. The van der Waals surface area contributed by atoms with E-state index in [4.69, 9.17) is 14.8 Å². The first kappa shape index (κ1) is 23.4. The molecule has 0 amide bonds. The van der Waals surface area contributed by atoms with E-state index in [-0.39, 0.29) is 11.4 Å². The van der Waals surface area contributed by atoms with Gasteiger partial charge in [-0.25, -0.2) is 18.6 Å². The minimum atomic E-state index is -0.241. The Bertz CT molecular complexity index is 1310. The molecule has 9 heteroatoms. The molecule has 3 aromatic heterocycles. The Labute approximate surface area is 204 Å². The first-order chi connectivity index (χ1) is 16.8. The number of rotatable bonds is 6. The molecule has 1 aliphatic rings. The smallest absolute Gasteiger partial charge is 0.158 e. The number of morpholine rings is 1. The predicted molar refractivity (Wildman–Crippen MR) is 134 cm³/mol. The zero-order valence-corrected chi connectivity index (χ0v) is 20.8. The highest BCUT2D eigenvalue weighted by atomic mass is 19.1. The molecule has 1 N–H and O–H groups in total. The molecule has 1 saturated heterocycles. The third-order valence-electron chi connectivity index (χ3n) is 6.13. The first-order valence-electron chi connectivity index (χ1n) is 12.0. The van der Waals surface area contributed by atoms with Gasteiger partial charge in [-0.15, -0.1) is 5.10 Å². The largest absolute Gasteiger partial charge is 0.379 e. The summed E-state index contributed by atoms with van der Waals surface area (Å²) in [4.78, 5) is 7.11. The number of hydrogen-bond donors (Lipinski definition) is 1. The minimum Gasteiger partial charge on any atom is -0.379 e. The molecule has 0 radical (unpaired) electrons. The number of benzene rings is 1. The van der Waals surface area contributed by atoms with Crippen LogP contribution >= 0.6 is 0 Å². The van der Waals surface area contributed by atoms with Crippen LogP contribution in [0, 0.1) is 12.7 Å². The molecule has 1 aromatic carbocycles. The normalized spacial score (nSPS) is 15.1. The van der Waals surface area contributed by atoms with Gasteiger partial charge in [-0.1, -0.05) is 12.1 Å². The van der Waals surface area contributed by atoms with Gasteiger partial charge in [-0.2, -0.15) is 5.10 Å². The van der Waals surface area contributed by atoms with Gasteiger partial charge in [0.25, 0.3) is 0 Å². The van der Waals surface area contributed by atoms with Gasteiger partial charge in [0.2, 0.25) is 0 Å². The van der Waals surface area contributed by atoms with Crippen LogP contribution in [0.1, 0.15) is 43.3 Å². The summed E-state index contributed by atoms with van der Waals surface area (Å²) in [6, 6.07) is 10.7. The molecular weight excluding hydrogens is 445 g/mol. The van der Waals surface area contributed by atoms with Gasteiger partial charge in [0.15, 0.2) is 11.5 Å². The maximum atomic E-state index is 13.4. The summed E-state index contributed by atoms with van der Waals surface area (Å²) in [6.45, 7) is 12.4. The van der Waals surface area contributed by atoms with E-state index in [9.17, 15) is 4.39 Å². The molecule has 8 nitrogen and oxygen atoms in total. The summed E-state index contributed by atoms with van der Waals surface area (Å²) in [7, 11) is 0. The monoisotopic (exact) mass is 477 g/mol. The van der Waals surface area contributed by atoms with Crippen LogP contribution in [0.25, 0.3) is 5.65 Å². The molecule has 1 fully saturated rings. The predicted octanol–water partition coefficient (Wildman–Crippen LogP) is 4.29. The number of nitrogens with zero attached hydrogens (tertiary/aromatic N) is 6. The highest BCUT2D eigenvalue weighted by Crippen LogP contribution is 2.26. The standard InChI is InChI=1S/C26H32FN7O/c1-18-13-24(34(30-18)26(2,3)4)29-23-15-20(17-32-9-11-35-12-10-32)25-28-16-22(33(25)31-23)14-19-5-7-21(27)8-6-19/h5-8,13,15-16H,9-12,14,17H2,1-4H3,(H,29,31). The number of nitrogens with one attached hydrogen (secondary N) is 1. The minimum absolute atomic E-state index is 0.180. The molecule has 0 bridgehead atoms. The second kappa shape index (κ2) is 9.39. The van der Waals surface area contributed by atoms with E-state index >= 15 is 0 Å². The second-order valence-corrected chi connectivity index (χ2v) is 10.1. The summed E-state index contributed by atoms with van der Waals surface area (Å²) in [6.07, 6.45) is 2.47. The molecule has 184 valence electrons. The molecule has 0 atom stereocenters. The number of aromatic nitrogens is 5. The topological polar surface area (TPSA) is 72.5 Å². The number of aryl methyl sites for hydroxylation is 1. The lowest BCUT2D eigenvalue weighted by Gasteiger charge is -2.27. The van der Waals surface area contributed by atoms with E-state index in [1.54, 1.807) is 12.1 Å². The summed E-state index contributed by atoms with van der Waals surface area (Å²) in [5.74, 6) is 1.37. The van der Waals surface area contributed by atoms with Crippen LogP contribution in [0.5, 0.6) is 0 Å². The second-order valence-electron chi connectivity index (χ2n) is 10.1. The van der Waals surface area contributed by atoms with Crippen LogP contribution in [0.3, 0.4) is 0 Å². The fourth-order valence-corrected chi connectivity index (χ4v) is 4.42. The van der Waals surface area contributed by atoms with E-state index in [0.717, 1.165) is 72.6 Å². The van der Waals surface area contributed by atoms with Crippen molar-refractivity contribution < 1.29 is 9.13 Å². The van der Waals surface area contributed by atoms with Gasteiger partial charge < -0.3 is 10.1 Å². The molecule has 1 aliphatic heterocycles. The van der Waals surface area contributed by atoms with Crippen molar-refractivity contribution in [2.45, 2.75) is 46.2 Å². The highest BCUT2D eigenvalue weighted by molar-refractivity contribution is 5.59. The lowest BCUT2D eigenvalue weighted by atomic mass is 10.1. The van der Waals surface area contributed by atoms with Crippen LogP contribution < -0.4 is 5.32 Å². The number of fused-ring (bicyclic) bond motifs is 1. The van der Waals surface area contributed by atoms with Crippen molar-refractivity contribution >= 4 is 17.3 Å². The molecule has 4 aromatic rings. The molecule has 5 rings (SSSR count). The van der Waals surface area contributed by atoms with E-state index in [2.05, 4.69) is 42.2 Å². The molecule has 0 unspecified atom stereocenters. The summed E-state index contributed by atoms with van der Waals surface area (Å²) >= 11 is 0. The third-order valence-corrected chi connectivity index (χ3v) is 6.13. The number of ether oxygens (including phenoxy) is 1. The van der Waals surface area contributed by atoms with Crippen LogP contribution in [0.15, 0.2) is 42.6 Å². The van der Waals surface area contributed by atoms with Crippen molar-refractivity contribution in [3.05, 3.63) is 70.9 Å². The Hall–Kier alpha value is -3.30. The van der Waals surface area contributed by atoms with Crippen LogP contribution in [-0.2, 0) is 23.2 Å². The number of imidazole rings is 1. The number of anilines is 2. The van der Waals surface area contributed by atoms with Crippen molar-refractivity contribution in [3.63, 3.8) is 0 Å². The summed E-state index contributed by atoms with van der Waals surface area (Å²) in [5.41, 5.74) is 4.63. The van der Waals surface area contributed by atoms with E-state index < -0.39 is 0 Å². The summed E-state index contributed by atoms with van der Waals surface area (Å²) in [5, 5.41) is 13.1. The van der Waals surface area contributed by atoms with E-state index in [1.165, 1.54) is 12.1 Å². The van der Waals surface area contributed by atoms with Crippen LogP contribution in [0.2, 0.25) is 0 Å². The SMILES string of the molecule is Cc1cc(Nc2cc(CN3CCOCC3)c3ncc(Cc4ccc(F)cc4)n3n2)n(C(C)(C)C)n1. The van der Waals surface area contributed by atoms with E-state index in [1.807, 2.05) is 28.4 Å².